The first-order chi connectivity index (χ1) is 12.1. The van der Waals surface area contributed by atoms with Crippen LogP contribution in [0.3, 0.4) is 0 Å². The van der Waals surface area contributed by atoms with Gasteiger partial charge in [0.2, 0.25) is 0 Å². The fourth-order valence-corrected chi connectivity index (χ4v) is 2.75. The lowest BCUT2D eigenvalue weighted by atomic mass is 9.99. The van der Waals surface area contributed by atoms with Crippen molar-refractivity contribution in [1.29, 1.82) is 0 Å². The highest BCUT2D eigenvalue weighted by atomic mass is 16.5. The van der Waals surface area contributed by atoms with E-state index in [0.29, 0.717) is 25.7 Å². The Morgan fingerprint density at radius 1 is 0.920 bits per heavy atom. The van der Waals surface area contributed by atoms with Gasteiger partial charge in [-0.1, -0.05) is 26.0 Å². The van der Waals surface area contributed by atoms with E-state index in [1.165, 1.54) is 5.56 Å². The van der Waals surface area contributed by atoms with Crippen molar-refractivity contribution in [2.75, 3.05) is 14.2 Å². The van der Waals surface area contributed by atoms with Crippen LogP contribution in [0.1, 0.15) is 48.4 Å². The average Bonchev–Trinajstić information content (AvgIpc) is 2.63. The Labute approximate surface area is 150 Å². The third-order valence-corrected chi connectivity index (χ3v) is 4.39. The van der Waals surface area contributed by atoms with E-state index in [0.717, 1.165) is 28.9 Å². The summed E-state index contributed by atoms with van der Waals surface area (Å²) in [6.45, 7) is 5.52. The summed E-state index contributed by atoms with van der Waals surface area (Å²) in [5.74, 6) is 1.55. The number of benzene rings is 2. The van der Waals surface area contributed by atoms with Gasteiger partial charge < -0.3 is 19.3 Å². The molecule has 25 heavy (non-hydrogen) atoms. The number of phenolic OH excluding ortho intramolecular Hbond substituents is 1. The van der Waals surface area contributed by atoms with Crippen LogP contribution in [0.15, 0.2) is 36.4 Å². The minimum absolute atomic E-state index is 0.220. The van der Waals surface area contributed by atoms with Crippen LogP contribution in [-0.4, -0.2) is 19.3 Å². The van der Waals surface area contributed by atoms with Crippen LogP contribution in [0.4, 0.5) is 0 Å². The number of ether oxygens (including phenoxy) is 3. The first-order valence-corrected chi connectivity index (χ1v) is 8.63. The molecule has 0 fully saturated rings. The number of phenols is 1. The summed E-state index contributed by atoms with van der Waals surface area (Å²) < 4.78 is 16.2. The molecule has 1 unspecified atom stereocenters. The first kappa shape index (κ1) is 19.3. The van der Waals surface area contributed by atoms with E-state index >= 15 is 0 Å². The molecule has 0 radical (unpaired) electrons. The second-order valence-electron chi connectivity index (χ2n) is 6.30. The number of hydrogen-bond acceptors (Lipinski definition) is 4. The maximum absolute atomic E-state index is 10.4. The van der Waals surface area contributed by atoms with Gasteiger partial charge in [0.05, 0.1) is 13.2 Å². The maximum atomic E-state index is 10.4. The van der Waals surface area contributed by atoms with E-state index < -0.39 is 0 Å². The summed E-state index contributed by atoms with van der Waals surface area (Å²) in [6.07, 6.45) is 1.11. The third-order valence-electron chi connectivity index (χ3n) is 4.39. The third kappa shape index (κ3) is 5.21. The number of aromatic hydroxyl groups is 1. The minimum Gasteiger partial charge on any atom is -0.507 e. The van der Waals surface area contributed by atoms with E-state index in [9.17, 15) is 5.11 Å². The van der Waals surface area contributed by atoms with Crippen LogP contribution in [0.25, 0.3) is 0 Å². The van der Waals surface area contributed by atoms with Crippen LogP contribution < -0.4 is 4.74 Å². The average molecular weight is 344 g/mol. The topological polar surface area (TPSA) is 47.9 Å². The Bertz CT molecular complexity index is 664. The number of rotatable bonds is 9. The second-order valence-corrected chi connectivity index (χ2v) is 6.30. The normalized spacial score (nSPS) is 12.2. The molecule has 0 bridgehead atoms. The molecule has 2 rings (SSSR count). The fourth-order valence-electron chi connectivity index (χ4n) is 2.75. The van der Waals surface area contributed by atoms with Gasteiger partial charge in [0, 0.05) is 25.3 Å². The largest absolute Gasteiger partial charge is 0.507 e. The Hall–Kier alpha value is -2.04. The monoisotopic (exact) mass is 344 g/mol. The van der Waals surface area contributed by atoms with Crippen molar-refractivity contribution in [3.63, 3.8) is 0 Å². The van der Waals surface area contributed by atoms with Gasteiger partial charge in [-0.15, -0.1) is 0 Å². The van der Waals surface area contributed by atoms with Gasteiger partial charge >= 0.3 is 0 Å². The van der Waals surface area contributed by atoms with Crippen molar-refractivity contribution in [2.24, 2.45) is 0 Å². The standard InChI is InChI=1S/C21H28O4/c1-5-15(2)17-6-8-20(9-7-17)25-14-19-11-16(12-23-3)10-18(13-24-4)21(19)22/h6-11,15,22H,5,12-14H2,1-4H3. The molecular formula is C21H28O4. The van der Waals surface area contributed by atoms with Crippen LogP contribution in [0.5, 0.6) is 11.5 Å². The van der Waals surface area contributed by atoms with Crippen LogP contribution in [-0.2, 0) is 29.3 Å². The molecule has 2 aromatic rings. The van der Waals surface area contributed by atoms with Crippen LogP contribution in [0, 0.1) is 0 Å². The van der Waals surface area contributed by atoms with E-state index in [1.54, 1.807) is 14.2 Å². The van der Waals surface area contributed by atoms with E-state index in [2.05, 4.69) is 26.0 Å². The first-order valence-electron chi connectivity index (χ1n) is 8.63. The quantitative estimate of drug-likeness (QED) is 0.711. The molecule has 0 saturated carbocycles. The molecule has 0 saturated heterocycles. The summed E-state index contributed by atoms with van der Waals surface area (Å²) in [7, 11) is 3.26. The molecular weight excluding hydrogens is 316 g/mol. The van der Waals surface area contributed by atoms with Gasteiger partial charge in [0.1, 0.15) is 18.1 Å². The molecule has 0 aliphatic heterocycles. The Balaban J connectivity index is 2.13. The lowest BCUT2D eigenvalue weighted by Crippen LogP contribution is -2.02. The fraction of sp³-hybridized carbons (Fsp3) is 0.429. The number of hydrogen-bond donors (Lipinski definition) is 1. The summed E-state index contributed by atoms with van der Waals surface area (Å²) >= 11 is 0. The minimum atomic E-state index is 0.220. The van der Waals surface area contributed by atoms with E-state index in [-0.39, 0.29) is 5.75 Å². The SMILES string of the molecule is CCC(C)c1ccc(OCc2cc(COC)cc(COC)c2O)cc1. The molecule has 0 aliphatic carbocycles. The molecule has 4 nitrogen and oxygen atoms in total. The molecule has 0 heterocycles. The molecule has 0 aromatic heterocycles. The molecule has 0 spiro atoms. The van der Waals surface area contributed by atoms with E-state index in [4.69, 9.17) is 14.2 Å². The summed E-state index contributed by atoms with van der Waals surface area (Å²) in [5.41, 5.74) is 3.76. The van der Waals surface area contributed by atoms with Gasteiger partial charge in [-0.2, -0.15) is 0 Å². The van der Waals surface area contributed by atoms with Crippen molar-refractivity contribution >= 4 is 0 Å². The summed E-state index contributed by atoms with van der Waals surface area (Å²) in [5, 5.41) is 10.4. The lowest BCUT2D eigenvalue weighted by Gasteiger charge is -2.14. The maximum Gasteiger partial charge on any atom is 0.127 e. The summed E-state index contributed by atoms with van der Waals surface area (Å²) in [6, 6.07) is 12.0. The summed E-state index contributed by atoms with van der Waals surface area (Å²) in [4.78, 5) is 0. The zero-order valence-electron chi connectivity index (χ0n) is 15.5. The van der Waals surface area contributed by atoms with Gasteiger partial charge in [0.15, 0.2) is 0 Å². The van der Waals surface area contributed by atoms with Gasteiger partial charge in [-0.05, 0) is 47.7 Å². The van der Waals surface area contributed by atoms with Gasteiger partial charge in [-0.3, -0.25) is 0 Å². The second kappa shape index (κ2) is 9.44. The Morgan fingerprint density at radius 2 is 1.52 bits per heavy atom. The van der Waals surface area contributed by atoms with Crippen LogP contribution >= 0.6 is 0 Å². The molecule has 136 valence electrons. The smallest absolute Gasteiger partial charge is 0.127 e. The van der Waals surface area contributed by atoms with Crippen molar-refractivity contribution in [1.82, 2.24) is 0 Å². The van der Waals surface area contributed by atoms with E-state index in [1.807, 2.05) is 24.3 Å². The molecule has 0 amide bonds. The zero-order chi connectivity index (χ0) is 18.2. The predicted octanol–water partition coefficient (Wildman–Crippen LogP) is 4.78. The molecule has 1 N–H and O–H groups in total. The zero-order valence-corrected chi connectivity index (χ0v) is 15.5. The predicted molar refractivity (Wildman–Crippen MR) is 99.0 cm³/mol. The van der Waals surface area contributed by atoms with Crippen molar-refractivity contribution in [3.05, 3.63) is 58.7 Å². The lowest BCUT2D eigenvalue weighted by molar-refractivity contribution is 0.177. The van der Waals surface area contributed by atoms with Crippen molar-refractivity contribution in [3.8, 4) is 11.5 Å². The highest BCUT2D eigenvalue weighted by Crippen LogP contribution is 2.28. The van der Waals surface area contributed by atoms with Crippen molar-refractivity contribution < 1.29 is 19.3 Å². The Kier molecular flexibility index (Phi) is 7.29. The molecule has 0 aliphatic rings. The van der Waals surface area contributed by atoms with Gasteiger partial charge in [0.25, 0.3) is 0 Å². The molecule has 1 atom stereocenters. The van der Waals surface area contributed by atoms with Crippen LogP contribution in [0.2, 0.25) is 0 Å². The molecule has 2 aromatic carbocycles. The molecule has 4 heteroatoms. The number of methoxy groups -OCH3 is 2. The highest BCUT2D eigenvalue weighted by Gasteiger charge is 2.11. The Morgan fingerprint density at radius 3 is 2.08 bits per heavy atom. The van der Waals surface area contributed by atoms with Gasteiger partial charge in [-0.25, -0.2) is 0 Å². The van der Waals surface area contributed by atoms with Crippen molar-refractivity contribution in [2.45, 2.75) is 46.0 Å². The highest BCUT2D eigenvalue weighted by molar-refractivity contribution is 5.43.